The monoisotopic (exact) mass is 437 g/mol. The number of carbonyl (C=O) groups excluding carboxylic acids is 2. The van der Waals surface area contributed by atoms with Crippen LogP contribution in [0.25, 0.3) is 0 Å². The lowest BCUT2D eigenvalue weighted by Gasteiger charge is -2.14. The van der Waals surface area contributed by atoms with Crippen molar-refractivity contribution in [1.29, 1.82) is 0 Å². The van der Waals surface area contributed by atoms with Gasteiger partial charge < -0.3 is 15.2 Å². The molecule has 0 fully saturated rings. The number of nitrogens with one attached hydrogen (secondary N) is 2. The number of amides is 2. The van der Waals surface area contributed by atoms with Crippen LogP contribution in [0.2, 0.25) is 0 Å². The van der Waals surface area contributed by atoms with Crippen molar-refractivity contribution in [2.75, 3.05) is 11.1 Å². The number of aryl methyl sites for hydroxylation is 2. The summed E-state index contributed by atoms with van der Waals surface area (Å²) in [4.78, 5) is 24.9. The van der Waals surface area contributed by atoms with Gasteiger partial charge in [0.2, 0.25) is 5.91 Å². The molecule has 1 aromatic heterocycles. The van der Waals surface area contributed by atoms with Crippen LogP contribution in [0.1, 0.15) is 47.2 Å². The highest BCUT2D eigenvalue weighted by Gasteiger charge is 2.19. The summed E-state index contributed by atoms with van der Waals surface area (Å²) in [5, 5.41) is 14.9. The summed E-state index contributed by atoms with van der Waals surface area (Å²) in [6, 6.07) is 14.9. The first-order valence-electron chi connectivity index (χ1n) is 10.2. The molecular formula is C23H27N5O2S. The number of nitrogens with zero attached hydrogens (tertiary/aromatic N) is 3. The van der Waals surface area contributed by atoms with Gasteiger partial charge in [-0.05, 0) is 44.0 Å². The van der Waals surface area contributed by atoms with E-state index in [4.69, 9.17) is 0 Å². The highest BCUT2D eigenvalue weighted by atomic mass is 32.2. The Morgan fingerprint density at radius 1 is 1.13 bits per heavy atom. The Bertz CT molecular complexity index is 1080. The van der Waals surface area contributed by atoms with Crippen LogP contribution in [0.3, 0.4) is 0 Å². The summed E-state index contributed by atoms with van der Waals surface area (Å²) in [5.74, 6) is 0.576. The number of benzene rings is 2. The molecule has 0 aliphatic heterocycles. The molecule has 0 saturated heterocycles. The average Bonchev–Trinajstić information content (AvgIpc) is 3.13. The van der Waals surface area contributed by atoms with Gasteiger partial charge in [0.1, 0.15) is 0 Å². The van der Waals surface area contributed by atoms with Crippen LogP contribution in [0.4, 0.5) is 5.69 Å². The molecule has 7 nitrogen and oxygen atoms in total. The largest absolute Gasteiger partial charge is 0.342 e. The summed E-state index contributed by atoms with van der Waals surface area (Å²) in [7, 11) is 1.83. The third kappa shape index (κ3) is 5.73. The molecule has 3 rings (SSSR count). The van der Waals surface area contributed by atoms with Gasteiger partial charge >= 0.3 is 0 Å². The maximum atomic E-state index is 12.5. The molecule has 2 aromatic carbocycles. The van der Waals surface area contributed by atoms with E-state index in [0.29, 0.717) is 16.5 Å². The van der Waals surface area contributed by atoms with Gasteiger partial charge in [-0.1, -0.05) is 54.6 Å². The third-order valence-electron chi connectivity index (χ3n) is 4.89. The summed E-state index contributed by atoms with van der Waals surface area (Å²) >= 11 is 1.31. The maximum absolute atomic E-state index is 12.5. The van der Waals surface area contributed by atoms with Crippen molar-refractivity contribution in [2.24, 2.45) is 7.05 Å². The zero-order chi connectivity index (χ0) is 22.4. The van der Waals surface area contributed by atoms with E-state index in [1.165, 1.54) is 11.8 Å². The van der Waals surface area contributed by atoms with Crippen LogP contribution < -0.4 is 10.6 Å². The Morgan fingerprint density at radius 2 is 1.90 bits per heavy atom. The highest BCUT2D eigenvalue weighted by Crippen LogP contribution is 2.21. The lowest BCUT2D eigenvalue weighted by molar-refractivity contribution is -0.113. The number of rotatable bonds is 8. The van der Waals surface area contributed by atoms with Gasteiger partial charge in [-0.25, -0.2) is 0 Å². The lowest BCUT2D eigenvalue weighted by atomic mass is 10.1. The molecule has 2 amide bonds. The molecule has 2 N–H and O–H groups in total. The van der Waals surface area contributed by atoms with E-state index in [-0.39, 0.29) is 23.6 Å². The second-order valence-electron chi connectivity index (χ2n) is 7.31. The highest BCUT2D eigenvalue weighted by molar-refractivity contribution is 7.99. The molecule has 0 aliphatic rings. The molecule has 0 saturated carbocycles. The summed E-state index contributed by atoms with van der Waals surface area (Å²) in [6.45, 7) is 5.86. The van der Waals surface area contributed by atoms with E-state index >= 15 is 0 Å². The van der Waals surface area contributed by atoms with Gasteiger partial charge in [0, 0.05) is 18.3 Å². The molecule has 31 heavy (non-hydrogen) atoms. The zero-order valence-electron chi connectivity index (χ0n) is 18.2. The number of carbonyl (C=O) groups is 2. The number of thioether (sulfide) groups is 1. The molecule has 1 atom stereocenters. The Kier molecular flexibility index (Phi) is 7.46. The maximum Gasteiger partial charge on any atom is 0.251 e. The zero-order valence-corrected chi connectivity index (χ0v) is 19.0. The van der Waals surface area contributed by atoms with Crippen LogP contribution in [0.15, 0.2) is 53.7 Å². The molecule has 8 heteroatoms. The van der Waals surface area contributed by atoms with E-state index in [0.717, 1.165) is 23.2 Å². The Balaban J connectivity index is 1.59. The van der Waals surface area contributed by atoms with Crippen molar-refractivity contribution in [3.05, 3.63) is 71.0 Å². The van der Waals surface area contributed by atoms with Crippen LogP contribution in [-0.2, 0) is 18.3 Å². The van der Waals surface area contributed by atoms with Gasteiger partial charge in [0.05, 0.1) is 11.8 Å². The summed E-state index contributed by atoms with van der Waals surface area (Å²) in [6.07, 6.45) is 0.850. The van der Waals surface area contributed by atoms with Crippen LogP contribution in [0, 0.1) is 6.92 Å². The molecule has 0 aliphatic carbocycles. The summed E-state index contributed by atoms with van der Waals surface area (Å²) in [5.41, 5.74) is 3.56. The fourth-order valence-electron chi connectivity index (χ4n) is 3.23. The van der Waals surface area contributed by atoms with Crippen LogP contribution in [0.5, 0.6) is 0 Å². The smallest absolute Gasteiger partial charge is 0.251 e. The van der Waals surface area contributed by atoms with E-state index in [1.54, 1.807) is 10.6 Å². The number of anilines is 1. The lowest BCUT2D eigenvalue weighted by Crippen LogP contribution is -2.28. The second-order valence-corrected chi connectivity index (χ2v) is 8.25. The minimum atomic E-state index is -0.329. The number of aromatic nitrogens is 3. The molecule has 0 bridgehead atoms. The normalized spacial score (nSPS) is 11.7. The number of para-hydroxylation sites is 1. The Labute approximate surface area is 186 Å². The SMILES string of the molecule is CCc1ccccc1NC(=O)CSc1nnc([C@H](C)NC(=O)c2cccc(C)c2)n1C. The topological polar surface area (TPSA) is 88.9 Å². The molecule has 162 valence electrons. The first-order chi connectivity index (χ1) is 14.9. The van der Waals surface area contributed by atoms with Crippen molar-refractivity contribution in [2.45, 2.75) is 38.4 Å². The quantitative estimate of drug-likeness (QED) is 0.522. The number of hydrogen-bond acceptors (Lipinski definition) is 5. The van der Waals surface area contributed by atoms with Gasteiger partial charge in [-0.3, -0.25) is 9.59 Å². The van der Waals surface area contributed by atoms with Crippen molar-refractivity contribution < 1.29 is 9.59 Å². The molecule has 3 aromatic rings. The predicted octanol–water partition coefficient (Wildman–Crippen LogP) is 3.91. The van der Waals surface area contributed by atoms with Gasteiger partial charge in [0.25, 0.3) is 5.91 Å². The summed E-state index contributed by atoms with van der Waals surface area (Å²) < 4.78 is 1.80. The van der Waals surface area contributed by atoms with E-state index in [2.05, 4.69) is 27.8 Å². The molecule has 0 spiro atoms. The first-order valence-corrected chi connectivity index (χ1v) is 11.1. The minimum Gasteiger partial charge on any atom is -0.342 e. The van der Waals surface area contributed by atoms with Crippen LogP contribution >= 0.6 is 11.8 Å². The molecule has 1 heterocycles. The first kappa shape index (κ1) is 22.6. The van der Waals surface area contributed by atoms with Crippen molar-refractivity contribution >= 4 is 29.3 Å². The predicted molar refractivity (Wildman–Crippen MR) is 123 cm³/mol. The number of hydrogen-bond donors (Lipinski definition) is 2. The standard InChI is InChI=1S/C23H27N5O2S/c1-5-17-10-6-7-12-19(17)25-20(29)14-31-23-27-26-21(28(23)4)16(3)24-22(30)18-11-8-9-15(2)13-18/h6-13,16H,5,14H2,1-4H3,(H,24,30)(H,25,29)/t16-/m0/s1. The minimum absolute atomic E-state index is 0.101. The van der Waals surface area contributed by atoms with E-state index in [1.807, 2.05) is 63.4 Å². The molecular weight excluding hydrogens is 410 g/mol. The average molecular weight is 438 g/mol. The fourth-order valence-corrected chi connectivity index (χ4v) is 3.94. The van der Waals surface area contributed by atoms with Crippen molar-refractivity contribution in [1.82, 2.24) is 20.1 Å². The second kappa shape index (κ2) is 10.3. The van der Waals surface area contributed by atoms with Gasteiger partial charge in [-0.15, -0.1) is 10.2 Å². The molecule has 0 radical (unpaired) electrons. The van der Waals surface area contributed by atoms with E-state index < -0.39 is 0 Å². The van der Waals surface area contributed by atoms with Crippen molar-refractivity contribution in [3.8, 4) is 0 Å². The van der Waals surface area contributed by atoms with E-state index in [9.17, 15) is 9.59 Å². The van der Waals surface area contributed by atoms with Crippen molar-refractivity contribution in [3.63, 3.8) is 0 Å². The van der Waals surface area contributed by atoms with Gasteiger partial charge in [0.15, 0.2) is 11.0 Å². The molecule has 0 unspecified atom stereocenters. The van der Waals surface area contributed by atoms with Gasteiger partial charge in [-0.2, -0.15) is 0 Å². The Morgan fingerprint density at radius 3 is 2.65 bits per heavy atom. The van der Waals surface area contributed by atoms with Crippen LogP contribution in [-0.4, -0.2) is 32.3 Å². The fraction of sp³-hybridized carbons (Fsp3) is 0.304. The Hall–Kier alpha value is -3.13. The third-order valence-corrected chi connectivity index (χ3v) is 5.91.